The highest BCUT2D eigenvalue weighted by Crippen LogP contribution is 2.22. The number of hydrogen-bond acceptors (Lipinski definition) is 6. The molecule has 2 aliphatic heterocycles. The number of benzene rings is 1. The summed E-state index contributed by atoms with van der Waals surface area (Å²) in [5, 5.41) is 3.42. The van der Waals surface area contributed by atoms with Gasteiger partial charge in [-0.05, 0) is 44.7 Å². The molecule has 0 spiro atoms. The first kappa shape index (κ1) is 23.2. The molecule has 31 heavy (non-hydrogen) atoms. The van der Waals surface area contributed by atoms with Gasteiger partial charge in [0.15, 0.2) is 9.84 Å². The fraction of sp³-hybridized carbons (Fsp3) is 0.571. The van der Waals surface area contributed by atoms with E-state index in [9.17, 15) is 22.8 Å². The zero-order chi connectivity index (χ0) is 22.6. The average Bonchev–Trinajstić information content (AvgIpc) is 3.19. The van der Waals surface area contributed by atoms with Crippen LogP contribution in [0.2, 0.25) is 0 Å². The maximum Gasteiger partial charge on any atom is 0.344 e. The quantitative estimate of drug-likeness (QED) is 0.539. The molecule has 0 saturated carbocycles. The molecule has 3 rings (SSSR count). The SMILES string of the molecule is CCCN(CC(=O)NN1C(=O)NC(C)(CCc2ccccc2)C1=O)C1CCS(=O)(=O)C1. The van der Waals surface area contributed by atoms with Gasteiger partial charge in [0.05, 0.1) is 18.1 Å². The molecule has 10 heteroatoms. The summed E-state index contributed by atoms with van der Waals surface area (Å²) >= 11 is 0. The first-order valence-electron chi connectivity index (χ1n) is 10.6. The van der Waals surface area contributed by atoms with E-state index in [-0.39, 0.29) is 24.1 Å². The van der Waals surface area contributed by atoms with Crippen molar-refractivity contribution in [3.8, 4) is 0 Å². The Balaban J connectivity index is 1.59. The normalized spacial score (nSPS) is 25.1. The fourth-order valence-corrected chi connectivity index (χ4v) is 5.84. The molecule has 0 bridgehead atoms. The lowest BCUT2D eigenvalue weighted by atomic mass is 9.93. The lowest BCUT2D eigenvalue weighted by Crippen LogP contribution is -2.52. The Hall–Kier alpha value is -2.46. The van der Waals surface area contributed by atoms with Crippen LogP contribution in [-0.4, -0.2) is 72.3 Å². The number of carbonyl (C=O) groups is 3. The van der Waals surface area contributed by atoms with E-state index in [0.717, 1.165) is 17.0 Å². The van der Waals surface area contributed by atoms with E-state index >= 15 is 0 Å². The van der Waals surface area contributed by atoms with Gasteiger partial charge in [-0.2, -0.15) is 5.01 Å². The Labute approximate surface area is 183 Å². The minimum Gasteiger partial charge on any atom is -0.322 e. The number of carbonyl (C=O) groups excluding carboxylic acids is 3. The molecule has 170 valence electrons. The van der Waals surface area contributed by atoms with Crippen molar-refractivity contribution in [2.75, 3.05) is 24.6 Å². The van der Waals surface area contributed by atoms with E-state index in [0.29, 0.717) is 25.8 Å². The molecule has 2 saturated heterocycles. The maximum absolute atomic E-state index is 12.9. The summed E-state index contributed by atoms with van der Waals surface area (Å²) in [4.78, 5) is 39.7. The first-order chi connectivity index (χ1) is 14.6. The third kappa shape index (κ3) is 5.62. The Kier molecular flexibility index (Phi) is 7.00. The lowest BCUT2D eigenvalue weighted by Gasteiger charge is -2.27. The van der Waals surface area contributed by atoms with Gasteiger partial charge >= 0.3 is 6.03 Å². The molecule has 0 aliphatic carbocycles. The highest BCUT2D eigenvalue weighted by atomic mass is 32.2. The Bertz CT molecular complexity index is 936. The van der Waals surface area contributed by atoms with Crippen molar-refractivity contribution in [1.82, 2.24) is 20.7 Å². The third-order valence-electron chi connectivity index (χ3n) is 5.84. The zero-order valence-corrected chi connectivity index (χ0v) is 18.8. The topological polar surface area (TPSA) is 116 Å². The summed E-state index contributed by atoms with van der Waals surface area (Å²) in [5.41, 5.74) is 2.35. The van der Waals surface area contributed by atoms with Gasteiger partial charge in [-0.25, -0.2) is 13.2 Å². The van der Waals surface area contributed by atoms with Crippen LogP contribution >= 0.6 is 0 Å². The van der Waals surface area contributed by atoms with Gasteiger partial charge in [0.25, 0.3) is 11.8 Å². The average molecular weight is 451 g/mol. The molecule has 0 radical (unpaired) electrons. The molecule has 2 aliphatic rings. The van der Waals surface area contributed by atoms with Crippen LogP contribution in [0.4, 0.5) is 4.79 Å². The lowest BCUT2D eigenvalue weighted by molar-refractivity contribution is -0.139. The Morgan fingerprint density at radius 3 is 2.61 bits per heavy atom. The molecule has 2 unspecified atom stereocenters. The monoisotopic (exact) mass is 450 g/mol. The molecule has 0 aromatic heterocycles. The van der Waals surface area contributed by atoms with Crippen LogP contribution in [0.5, 0.6) is 0 Å². The molecular formula is C21H30N4O5S. The maximum atomic E-state index is 12.9. The molecule has 2 atom stereocenters. The number of nitrogens with one attached hydrogen (secondary N) is 2. The Morgan fingerprint density at radius 2 is 2.00 bits per heavy atom. The van der Waals surface area contributed by atoms with E-state index in [2.05, 4.69) is 10.7 Å². The number of sulfone groups is 1. The van der Waals surface area contributed by atoms with Crippen molar-refractivity contribution in [2.45, 2.75) is 51.1 Å². The fourth-order valence-electron chi connectivity index (χ4n) is 4.08. The van der Waals surface area contributed by atoms with Gasteiger partial charge < -0.3 is 5.32 Å². The predicted octanol–water partition coefficient (Wildman–Crippen LogP) is 0.860. The molecule has 1 aromatic rings. The van der Waals surface area contributed by atoms with Crippen LogP contribution < -0.4 is 10.7 Å². The molecule has 4 amide bonds. The van der Waals surface area contributed by atoms with Crippen molar-refractivity contribution in [3.05, 3.63) is 35.9 Å². The van der Waals surface area contributed by atoms with Crippen molar-refractivity contribution < 1.29 is 22.8 Å². The van der Waals surface area contributed by atoms with Crippen LogP contribution in [-0.2, 0) is 25.8 Å². The van der Waals surface area contributed by atoms with Gasteiger partial charge in [-0.15, -0.1) is 0 Å². The summed E-state index contributed by atoms with van der Waals surface area (Å²) in [5.74, 6) is -0.881. The summed E-state index contributed by atoms with van der Waals surface area (Å²) in [6.07, 6.45) is 2.24. The minimum absolute atomic E-state index is 0.0287. The summed E-state index contributed by atoms with van der Waals surface area (Å²) in [6, 6.07) is 8.75. The number of hydrogen-bond donors (Lipinski definition) is 2. The zero-order valence-electron chi connectivity index (χ0n) is 18.0. The number of imide groups is 1. The predicted molar refractivity (Wildman–Crippen MR) is 116 cm³/mol. The van der Waals surface area contributed by atoms with Gasteiger partial charge in [0, 0.05) is 6.04 Å². The number of nitrogens with zero attached hydrogens (tertiary/aromatic N) is 2. The summed E-state index contributed by atoms with van der Waals surface area (Å²) < 4.78 is 23.6. The largest absolute Gasteiger partial charge is 0.344 e. The molecule has 1 aromatic carbocycles. The van der Waals surface area contributed by atoms with Crippen molar-refractivity contribution in [2.24, 2.45) is 0 Å². The Morgan fingerprint density at radius 1 is 1.29 bits per heavy atom. The number of amides is 4. The standard InChI is InChI=1S/C21H30N4O5S/c1-3-12-24(17-10-13-31(29,30)15-17)14-18(26)23-25-19(27)21(2,22-20(25)28)11-9-16-7-5-4-6-8-16/h4-8,17H,3,9-15H2,1-2H3,(H,22,28)(H,23,26). The second-order valence-electron chi connectivity index (χ2n) is 8.45. The van der Waals surface area contributed by atoms with Gasteiger partial charge in [-0.3, -0.25) is 19.9 Å². The van der Waals surface area contributed by atoms with Crippen LogP contribution in [0.1, 0.15) is 38.7 Å². The summed E-state index contributed by atoms with van der Waals surface area (Å²) in [6.45, 7) is 4.08. The molecule has 2 fully saturated rings. The van der Waals surface area contributed by atoms with E-state index in [1.807, 2.05) is 42.2 Å². The van der Waals surface area contributed by atoms with Crippen LogP contribution in [0.3, 0.4) is 0 Å². The highest BCUT2D eigenvalue weighted by molar-refractivity contribution is 7.91. The van der Waals surface area contributed by atoms with Crippen molar-refractivity contribution in [1.29, 1.82) is 0 Å². The van der Waals surface area contributed by atoms with E-state index in [1.54, 1.807) is 6.92 Å². The van der Waals surface area contributed by atoms with E-state index < -0.39 is 33.2 Å². The number of rotatable bonds is 9. The van der Waals surface area contributed by atoms with Gasteiger partial charge in [-0.1, -0.05) is 37.3 Å². The van der Waals surface area contributed by atoms with Crippen LogP contribution in [0.25, 0.3) is 0 Å². The second kappa shape index (κ2) is 9.35. The van der Waals surface area contributed by atoms with E-state index in [1.165, 1.54) is 0 Å². The van der Waals surface area contributed by atoms with Gasteiger partial charge in [0.1, 0.15) is 5.54 Å². The molecule has 2 heterocycles. The number of hydrazine groups is 1. The minimum atomic E-state index is -3.08. The highest BCUT2D eigenvalue weighted by Gasteiger charge is 2.48. The number of urea groups is 1. The van der Waals surface area contributed by atoms with Crippen molar-refractivity contribution >= 4 is 27.7 Å². The van der Waals surface area contributed by atoms with Crippen LogP contribution in [0, 0.1) is 0 Å². The second-order valence-corrected chi connectivity index (χ2v) is 10.7. The summed E-state index contributed by atoms with van der Waals surface area (Å²) in [7, 11) is -3.08. The molecule has 9 nitrogen and oxygen atoms in total. The van der Waals surface area contributed by atoms with Crippen LogP contribution in [0.15, 0.2) is 30.3 Å². The molecular weight excluding hydrogens is 420 g/mol. The first-order valence-corrected chi connectivity index (χ1v) is 12.4. The van der Waals surface area contributed by atoms with Crippen molar-refractivity contribution in [3.63, 3.8) is 0 Å². The number of aryl methyl sites for hydroxylation is 1. The van der Waals surface area contributed by atoms with Gasteiger partial charge in [0.2, 0.25) is 0 Å². The van der Waals surface area contributed by atoms with E-state index in [4.69, 9.17) is 0 Å². The molecule has 2 N–H and O–H groups in total. The third-order valence-corrected chi connectivity index (χ3v) is 7.59. The smallest absolute Gasteiger partial charge is 0.322 e.